The Kier molecular flexibility index (Phi) is 3.06. The minimum Gasteiger partial charge on any atom is -0.394 e. The van der Waals surface area contributed by atoms with Gasteiger partial charge in [0.2, 0.25) is 5.91 Å². The molecule has 1 saturated heterocycles. The van der Waals surface area contributed by atoms with Crippen molar-refractivity contribution in [2.45, 2.75) is 13.3 Å². The van der Waals surface area contributed by atoms with Crippen LogP contribution in [0.2, 0.25) is 0 Å². The molecule has 1 aliphatic heterocycles. The molecule has 13 heavy (non-hydrogen) atoms. The van der Waals surface area contributed by atoms with Gasteiger partial charge in [0.25, 0.3) is 0 Å². The summed E-state index contributed by atoms with van der Waals surface area (Å²) in [7, 11) is 1.76. The van der Waals surface area contributed by atoms with Crippen LogP contribution in [-0.2, 0) is 4.79 Å². The summed E-state index contributed by atoms with van der Waals surface area (Å²) in [6.07, 6.45) is 3.81. The highest BCUT2D eigenvalue weighted by Crippen LogP contribution is 2.16. The van der Waals surface area contributed by atoms with Crippen LogP contribution in [0.1, 0.15) is 13.3 Å². The van der Waals surface area contributed by atoms with Gasteiger partial charge in [0.05, 0.1) is 0 Å². The van der Waals surface area contributed by atoms with Crippen molar-refractivity contribution in [1.82, 2.24) is 10.2 Å². The minimum atomic E-state index is 0.0539. The molecule has 1 amide bonds. The van der Waals surface area contributed by atoms with Crippen LogP contribution in [0.4, 0.5) is 0 Å². The van der Waals surface area contributed by atoms with Gasteiger partial charge in [-0.2, -0.15) is 0 Å². The van der Waals surface area contributed by atoms with Crippen molar-refractivity contribution in [2.24, 2.45) is 5.92 Å². The van der Waals surface area contributed by atoms with Gasteiger partial charge in [-0.15, -0.1) is 0 Å². The number of carbonyl (C=O) groups is 1. The molecule has 0 radical (unpaired) electrons. The first-order valence-electron chi connectivity index (χ1n) is 4.38. The number of nitrogens with zero attached hydrogens (tertiary/aromatic N) is 1. The minimum absolute atomic E-state index is 0.0539. The molecule has 0 aromatic carbocycles. The highest BCUT2D eigenvalue weighted by Gasteiger charge is 2.28. The van der Waals surface area contributed by atoms with E-state index in [9.17, 15) is 4.79 Å². The summed E-state index contributed by atoms with van der Waals surface area (Å²) in [5.74, 6) is 0.692. The summed E-state index contributed by atoms with van der Waals surface area (Å²) in [5, 5.41) is 10.4. The van der Waals surface area contributed by atoms with Gasteiger partial charge in [-0.25, -0.2) is 0 Å². The number of carbonyl (C=O) groups excluding carboxylic acids is 1. The maximum atomic E-state index is 11.3. The highest BCUT2D eigenvalue weighted by atomic mass is 16.2. The van der Waals surface area contributed by atoms with E-state index in [1.54, 1.807) is 19.3 Å². The Morgan fingerprint density at radius 1 is 1.77 bits per heavy atom. The van der Waals surface area contributed by atoms with E-state index in [4.69, 9.17) is 5.41 Å². The third-order valence-corrected chi connectivity index (χ3v) is 2.02. The number of nitrogens with one attached hydrogen (secondary N) is 2. The summed E-state index contributed by atoms with van der Waals surface area (Å²) in [5.41, 5.74) is 0. The third-order valence-electron chi connectivity index (χ3n) is 2.02. The fourth-order valence-corrected chi connectivity index (χ4v) is 1.37. The Morgan fingerprint density at radius 2 is 2.46 bits per heavy atom. The molecule has 1 rings (SSSR count). The zero-order chi connectivity index (χ0) is 9.84. The molecule has 1 fully saturated rings. The van der Waals surface area contributed by atoms with E-state index in [2.05, 4.69) is 5.32 Å². The molecule has 0 saturated carbocycles. The van der Waals surface area contributed by atoms with Gasteiger partial charge in [-0.3, -0.25) is 15.1 Å². The van der Waals surface area contributed by atoms with Crippen LogP contribution < -0.4 is 5.32 Å². The summed E-state index contributed by atoms with van der Waals surface area (Å²) in [6, 6.07) is 0. The number of amidine groups is 1. The van der Waals surface area contributed by atoms with Crippen molar-refractivity contribution >= 4 is 11.7 Å². The Labute approximate surface area is 78.1 Å². The molecule has 0 aliphatic carbocycles. The van der Waals surface area contributed by atoms with Gasteiger partial charge in [0, 0.05) is 20.0 Å². The first-order valence-corrected chi connectivity index (χ1v) is 4.38. The fraction of sp³-hybridized carbons (Fsp3) is 0.556. The molecule has 1 unspecified atom stereocenters. The molecule has 4 nitrogen and oxygen atoms in total. The Hall–Kier alpha value is -1.32. The number of hydrogen-bond donors (Lipinski definition) is 2. The lowest BCUT2D eigenvalue weighted by molar-refractivity contribution is -0.124. The van der Waals surface area contributed by atoms with Crippen LogP contribution in [0.15, 0.2) is 12.3 Å². The molecule has 0 aromatic rings. The Morgan fingerprint density at radius 3 is 2.92 bits per heavy atom. The van der Waals surface area contributed by atoms with Crippen molar-refractivity contribution in [3.63, 3.8) is 0 Å². The lowest BCUT2D eigenvalue weighted by Crippen LogP contribution is -2.30. The van der Waals surface area contributed by atoms with Crippen molar-refractivity contribution in [1.29, 1.82) is 5.41 Å². The van der Waals surface area contributed by atoms with Crippen molar-refractivity contribution in [2.75, 3.05) is 13.6 Å². The molecule has 2 N–H and O–H groups in total. The predicted octanol–water partition coefficient (Wildman–Crippen LogP) is 0.565. The number of amides is 1. The quantitative estimate of drug-likeness (QED) is 0.483. The summed E-state index contributed by atoms with van der Waals surface area (Å²) < 4.78 is 0. The van der Waals surface area contributed by atoms with Crippen LogP contribution in [-0.4, -0.2) is 30.2 Å². The van der Waals surface area contributed by atoms with Gasteiger partial charge < -0.3 is 5.32 Å². The molecule has 1 aliphatic rings. The first-order chi connectivity index (χ1) is 6.15. The molecular formula is C9H15N3O. The van der Waals surface area contributed by atoms with E-state index < -0.39 is 0 Å². The smallest absolute Gasteiger partial charge is 0.228 e. The van der Waals surface area contributed by atoms with Crippen LogP contribution >= 0.6 is 0 Å². The summed E-state index contributed by atoms with van der Waals surface area (Å²) in [6.45, 7) is 2.69. The van der Waals surface area contributed by atoms with Crippen LogP contribution in [0.3, 0.4) is 0 Å². The Bertz CT molecular complexity index is 247. The highest BCUT2D eigenvalue weighted by molar-refractivity contribution is 6.03. The second-order valence-electron chi connectivity index (χ2n) is 3.32. The molecule has 72 valence electrons. The summed E-state index contributed by atoms with van der Waals surface area (Å²) in [4.78, 5) is 12.8. The molecule has 0 spiro atoms. The average molecular weight is 181 g/mol. The maximum Gasteiger partial charge on any atom is 0.228 e. The first kappa shape index (κ1) is 9.77. The lowest BCUT2D eigenvalue weighted by atomic mass is 10.2. The normalized spacial score (nSPS) is 22.8. The van der Waals surface area contributed by atoms with Crippen molar-refractivity contribution in [3.05, 3.63) is 12.3 Å². The van der Waals surface area contributed by atoms with Crippen molar-refractivity contribution in [3.8, 4) is 0 Å². The molecule has 1 atom stereocenters. The number of likely N-dealkylation sites (tertiary alicyclic amines) is 1. The predicted molar refractivity (Wildman–Crippen MR) is 51.4 cm³/mol. The SMILES string of the molecule is CN/C=C\C(=N)N1CC(C)CC1=O. The van der Waals surface area contributed by atoms with Crippen LogP contribution in [0, 0.1) is 11.3 Å². The van der Waals surface area contributed by atoms with Gasteiger partial charge in [0.1, 0.15) is 5.84 Å². The largest absolute Gasteiger partial charge is 0.394 e. The summed E-state index contributed by atoms with van der Waals surface area (Å²) >= 11 is 0. The van der Waals surface area contributed by atoms with E-state index in [0.29, 0.717) is 18.9 Å². The topological polar surface area (TPSA) is 56.2 Å². The second kappa shape index (κ2) is 4.07. The number of hydrogen-bond acceptors (Lipinski definition) is 3. The van der Waals surface area contributed by atoms with E-state index in [1.807, 2.05) is 6.92 Å². The average Bonchev–Trinajstić information content (AvgIpc) is 2.41. The van der Waals surface area contributed by atoms with Gasteiger partial charge in [-0.05, 0) is 18.2 Å². The number of rotatable bonds is 2. The van der Waals surface area contributed by atoms with E-state index >= 15 is 0 Å². The van der Waals surface area contributed by atoms with Crippen molar-refractivity contribution < 1.29 is 4.79 Å². The van der Waals surface area contributed by atoms with E-state index in [-0.39, 0.29) is 11.7 Å². The lowest BCUT2D eigenvalue weighted by Gasteiger charge is -2.13. The second-order valence-corrected chi connectivity index (χ2v) is 3.32. The monoisotopic (exact) mass is 181 g/mol. The molecule has 0 bridgehead atoms. The Balaban J connectivity index is 2.57. The van der Waals surface area contributed by atoms with Gasteiger partial charge >= 0.3 is 0 Å². The van der Waals surface area contributed by atoms with E-state index in [1.165, 1.54) is 4.90 Å². The van der Waals surface area contributed by atoms with E-state index in [0.717, 1.165) is 0 Å². The molecule has 0 aromatic heterocycles. The zero-order valence-electron chi connectivity index (χ0n) is 8.00. The van der Waals surface area contributed by atoms with Crippen LogP contribution in [0.5, 0.6) is 0 Å². The molecular weight excluding hydrogens is 166 g/mol. The van der Waals surface area contributed by atoms with Gasteiger partial charge in [-0.1, -0.05) is 6.92 Å². The standard InChI is InChI=1S/C9H15N3O/c1-7-5-9(13)12(6-7)8(10)3-4-11-2/h3-4,7,10-11H,5-6H2,1-2H3/b4-3-,10-8?. The molecule has 1 heterocycles. The maximum absolute atomic E-state index is 11.3. The molecule has 4 heteroatoms. The third kappa shape index (κ3) is 2.31. The zero-order valence-corrected chi connectivity index (χ0v) is 8.00. The van der Waals surface area contributed by atoms with Crippen LogP contribution in [0.25, 0.3) is 0 Å². The fourth-order valence-electron chi connectivity index (χ4n) is 1.37. The van der Waals surface area contributed by atoms with Gasteiger partial charge in [0.15, 0.2) is 0 Å².